The van der Waals surface area contributed by atoms with E-state index in [-0.39, 0.29) is 49.0 Å². The van der Waals surface area contributed by atoms with Gasteiger partial charge in [0.05, 0.1) is 0 Å². The Morgan fingerprint density at radius 3 is 1.60 bits per heavy atom. The molecule has 0 bridgehead atoms. The van der Waals surface area contributed by atoms with Gasteiger partial charge in [-0.15, -0.1) is 4.91 Å². The van der Waals surface area contributed by atoms with Crippen molar-refractivity contribution in [2.45, 2.75) is 0 Å². The van der Waals surface area contributed by atoms with Crippen molar-refractivity contribution in [1.82, 2.24) is 0 Å². The van der Waals surface area contributed by atoms with Gasteiger partial charge in [0.1, 0.15) is 0 Å². The van der Waals surface area contributed by atoms with Crippen LogP contribution in [0.1, 0.15) is 0 Å². The van der Waals surface area contributed by atoms with Crippen LogP contribution in [0.3, 0.4) is 0 Å². The van der Waals surface area contributed by atoms with Crippen molar-refractivity contribution in [1.29, 1.82) is 0 Å². The SMILES string of the molecule is O=NO.[NaH].[Rh]. The summed E-state index contributed by atoms with van der Waals surface area (Å²) in [6.45, 7) is 0. The van der Waals surface area contributed by atoms with Crippen LogP contribution < -0.4 is 0 Å². The monoisotopic (exact) mass is 174 g/mol. The largest absolute Gasteiger partial charge is 0 e. The molecule has 0 aliphatic rings. The molecule has 5 heteroatoms. The molecule has 0 saturated heterocycles. The third-order valence-electron chi connectivity index (χ3n) is 0. The minimum Gasteiger partial charge on any atom is 0 e. The second-order valence-corrected chi connectivity index (χ2v) is 0.0816. The van der Waals surface area contributed by atoms with Crippen molar-refractivity contribution >= 4 is 29.6 Å². The molecule has 0 rings (SSSR count). The van der Waals surface area contributed by atoms with Crippen LogP contribution in [-0.2, 0) is 19.5 Å². The summed E-state index contributed by atoms with van der Waals surface area (Å²) in [6.07, 6.45) is 0. The first-order chi connectivity index (χ1) is 1.41. The Morgan fingerprint density at radius 2 is 1.60 bits per heavy atom. The number of hydrogen-bond donors (Lipinski definition) is 1. The quantitative estimate of drug-likeness (QED) is 0.305. The van der Waals surface area contributed by atoms with Crippen molar-refractivity contribution < 1.29 is 24.7 Å². The first-order valence-electron chi connectivity index (χ1n) is 0.383. The minimum absolute atomic E-state index is 0. The topological polar surface area (TPSA) is 49.7 Å². The van der Waals surface area contributed by atoms with Crippen LogP contribution in [0.2, 0.25) is 0 Å². The van der Waals surface area contributed by atoms with Gasteiger partial charge >= 0.3 is 29.6 Å². The maximum absolute atomic E-state index is 8.11. The fraction of sp³-hybridized carbons (Fsp3) is 0. The molecule has 0 unspecified atom stereocenters. The van der Waals surface area contributed by atoms with Crippen LogP contribution in [0.5, 0.6) is 0 Å². The minimum atomic E-state index is 0. The molecular weight excluding hydrogens is 172 g/mol. The van der Waals surface area contributed by atoms with E-state index in [0.717, 1.165) is 0 Å². The summed E-state index contributed by atoms with van der Waals surface area (Å²) in [5.74, 6) is 0. The standard InChI is InChI=1S/HNO2.Na.Rh.H/c2-1-3;;;/h(H,2,3);;;. The molecule has 1 N–H and O–H groups in total. The van der Waals surface area contributed by atoms with Gasteiger partial charge in [0.25, 0.3) is 0 Å². The normalized spacial score (nSPS) is 2.40. The molecule has 0 aromatic rings. The Kier molecular flexibility index (Phi) is 66.1. The van der Waals surface area contributed by atoms with Gasteiger partial charge in [0.2, 0.25) is 0 Å². The second kappa shape index (κ2) is 19.9. The number of rotatable bonds is 0. The third kappa shape index (κ3) is 43.8. The van der Waals surface area contributed by atoms with Gasteiger partial charge in [-0.05, 0) is 0 Å². The first kappa shape index (κ1) is 16.6. The third-order valence-corrected chi connectivity index (χ3v) is 0. The Hall–Kier alpha value is 1.02. The van der Waals surface area contributed by atoms with Gasteiger partial charge in [-0.25, -0.2) is 0 Å². The molecule has 0 aliphatic carbocycles. The Balaban J connectivity index is -0.0000000200. The van der Waals surface area contributed by atoms with E-state index in [9.17, 15) is 0 Å². The van der Waals surface area contributed by atoms with Crippen molar-refractivity contribution in [3.8, 4) is 0 Å². The fourth-order valence-corrected chi connectivity index (χ4v) is 0. The van der Waals surface area contributed by atoms with E-state index in [1.54, 1.807) is 0 Å². The van der Waals surface area contributed by atoms with E-state index >= 15 is 0 Å². The van der Waals surface area contributed by atoms with Gasteiger partial charge in [-0.1, -0.05) is 0 Å². The molecule has 0 aliphatic heterocycles. The van der Waals surface area contributed by atoms with E-state index in [0.29, 0.717) is 0 Å². The van der Waals surface area contributed by atoms with E-state index in [4.69, 9.17) is 10.1 Å². The summed E-state index contributed by atoms with van der Waals surface area (Å²) in [4.78, 5) is 8.11. The summed E-state index contributed by atoms with van der Waals surface area (Å²) in [6, 6.07) is 0. The summed E-state index contributed by atoms with van der Waals surface area (Å²) < 4.78 is 0. The molecule has 0 amide bonds. The maximum Gasteiger partial charge on any atom is 0 e. The van der Waals surface area contributed by atoms with E-state index in [1.165, 1.54) is 5.34 Å². The van der Waals surface area contributed by atoms with Gasteiger partial charge < -0.3 is 5.21 Å². The van der Waals surface area contributed by atoms with Gasteiger partial charge in [-0.2, -0.15) is 0 Å². The Bertz CT molecular complexity index is 17.1. The summed E-state index contributed by atoms with van der Waals surface area (Å²) in [7, 11) is 0. The second-order valence-electron chi connectivity index (χ2n) is 0.0816. The zero-order chi connectivity index (χ0) is 2.71. The van der Waals surface area contributed by atoms with Crippen molar-refractivity contribution in [3.63, 3.8) is 0 Å². The average Bonchev–Trinajstić information content (AvgIpc) is 0.918. The molecule has 0 spiro atoms. The van der Waals surface area contributed by atoms with E-state index < -0.39 is 0 Å². The molecule has 0 aromatic carbocycles. The predicted molar refractivity (Wildman–Crippen MR) is 14.7 cm³/mol. The molecule has 3 nitrogen and oxygen atoms in total. The molecule has 1 radical (unpaired) electrons. The molecule has 0 atom stereocenters. The van der Waals surface area contributed by atoms with E-state index in [1.807, 2.05) is 0 Å². The van der Waals surface area contributed by atoms with Crippen LogP contribution in [0, 0.1) is 4.91 Å². The van der Waals surface area contributed by atoms with Gasteiger partial charge in [0, 0.05) is 19.5 Å². The Morgan fingerprint density at radius 1 is 1.60 bits per heavy atom. The van der Waals surface area contributed by atoms with Crippen LogP contribution in [0.25, 0.3) is 0 Å². The maximum atomic E-state index is 8.11. The number of nitrogens with zero attached hydrogens (tertiary/aromatic N) is 1. The molecular formula is H2NNaO2Rh. The average molecular weight is 174 g/mol. The molecule has 29 valence electrons. The predicted octanol–water partition coefficient (Wildman–Crippen LogP) is -0.509. The smallest absolute Gasteiger partial charge is 0 e. The van der Waals surface area contributed by atoms with Crippen molar-refractivity contribution in [3.05, 3.63) is 4.91 Å². The van der Waals surface area contributed by atoms with Crippen LogP contribution in [0.15, 0.2) is 5.34 Å². The summed E-state index contributed by atoms with van der Waals surface area (Å²) in [5, 5.41) is 7.89. The fourth-order valence-electron chi connectivity index (χ4n) is 0. The molecule has 5 heavy (non-hydrogen) atoms. The zero-order valence-corrected chi connectivity index (χ0v) is 3.27. The molecule has 0 heterocycles. The van der Waals surface area contributed by atoms with Gasteiger partial charge in [-0.3, -0.25) is 0 Å². The van der Waals surface area contributed by atoms with Crippen molar-refractivity contribution in [2.75, 3.05) is 0 Å². The van der Waals surface area contributed by atoms with E-state index in [2.05, 4.69) is 0 Å². The zero-order valence-electron chi connectivity index (χ0n) is 1.64. The summed E-state index contributed by atoms with van der Waals surface area (Å²) in [5.41, 5.74) is 0. The number of hydrogen-bond acceptors (Lipinski definition) is 2. The molecule has 0 aromatic heterocycles. The molecule has 0 fully saturated rings. The van der Waals surface area contributed by atoms with Crippen molar-refractivity contribution in [2.24, 2.45) is 5.34 Å². The Labute approximate surface area is 64.1 Å². The van der Waals surface area contributed by atoms with Gasteiger partial charge in [0.15, 0.2) is 5.34 Å². The van der Waals surface area contributed by atoms with Crippen LogP contribution in [0.4, 0.5) is 0 Å². The summed E-state index contributed by atoms with van der Waals surface area (Å²) >= 11 is 0. The molecule has 0 saturated carbocycles. The van der Waals surface area contributed by atoms with Crippen LogP contribution in [-0.4, -0.2) is 34.8 Å². The first-order valence-corrected chi connectivity index (χ1v) is 0.383. The van der Waals surface area contributed by atoms with Crippen LogP contribution >= 0.6 is 0 Å².